The molecule has 8 nitrogen and oxygen atoms in total. The van der Waals surface area contributed by atoms with Crippen molar-refractivity contribution in [3.05, 3.63) is 47.5 Å². The number of fused-ring (bicyclic) bond motifs is 1. The Morgan fingerprint density at radius 2 is 1.97 bits per heavy atom. The fourth-order valence-electron chi connectivity index (χ4n) is 3.71. The zero-order chi connectivity index (χ0) is 24.2. The third-order valence-corrected chi connectivity index (χ3v) is 10.6. The van der Waals surface area contributed by atoms with Crippen LogP contribution in [0.1, 0.15) is 19.3 Å². The molecule has 182 valence electrons. The van der Waals surface area contributed by atoms with E-state index in [0.717, 1.165) is 26.7 Å². The summed E-state index contributed by atoms with van der Waals surface area (Å²) < 4.78 is 37.8. The van der Waals surface area contributed by atoms with Gasteiger partial charge in [-0.05, 0) is 61.7 Å². The van der Waals surface area contributed by atoms with E-state index in [4.69, 9.17) is 26.3 Å². The molecule has 4 rings (SSSR count). The number of benzene rings is 2. The van der Waals surface area contributed by atoms with Crippen LogP contribution in [0.4, 0.5) is 0 Å². The van der Waals surface area contributed by atoms with Crippen molar-refractivity contribution in [2.45, 2.75) is 33.2 Å². The highest BCUT2D eigenvalue weighted by molar-refractivity contribution is 8.01. The smallest absolute Gasteiger partial charge is 0.265 e. The monoisotopic (exact) mass is 542 g/mol. The standard InChI is InChI=1S/C22H23ClN2O6S3/c23-15-2-7-19-18(14-15)24-21(33-19)32-13-1-10-31-16-3-5-17(6-4-16)34(28,29)22(20(26)25-27)8-11-30-12-9-22/h2-7,14,27H,1,8-13H2,(H,25,26). The molecular weight excluding hydrogens is 520 g/mol. The van der Waals surface area contributed by atoms with Crippen molar-refractivity contribution in [3.8, 4) is 5.75 Å². The number of hydrogen-bond acceptors (Lipinski definition) is 9. The highest BCUT2D eigenvalue weighted by atomic mass is 35.5. The Kier molecular flexibility index (Phi) is 8.01. The van der Waals surface area contributed by atoms with Gasteiger partial charge in [-0.15, -0.1) is 11.3 Å². The number of thioether (sulfide) groups is 1. The van der Waals surface area contributed by atoms with Crippen LogP contribution in [0.25, 0.3) is 10.2 Å². The number of carbonyl (C=O) groups is 1. The Balaban J connectivity index is 1.32. The maximum atomic E-state index is 13.3. The lowest BCUT2D eigenvalue weighted by molar-refractivity contribution is -0.134. The van der Waals surface area contributed by atoms with E-state index < -0.39 is 20.5 Å². The molecule has 12 heteroatoms. The number of amides is 1. The number of halogens is 1. The van der Waals surface area contributed by atoms with Gasteiger partial charge in [-0.2, -0.15) is 0 Å². The summed E-state index contributed by atoms with van der Waals surface area (Å²) in [7, 11) is -4.05. The predicted octanol–water partition coefficient (Wildman–Crippen LogP) is 4.34. The molecule has 1 amide bonds. The Bertz CT molecular complexity index is 1260. The lowest BCUT2D eigenvalue weighted by Crippen LogP contribution is -2.54. The van der Waals surface area contributed by atoms with Crippen LogP contribution in [0.15, 0.2) is 51.7 Å². The number of hydroxylamine groups is 1. The fraction of sp³-hybridized carbons (Fsp3) is 0.364. The zero-order valence-electron chi connectivity index (χ0n) is 18.0. The van der Waals surface area contributed by atoms with E-state index in [1.165, 1.54) is 17.6 Å². The summed E-state index contributed by atoms with van der Waals surface area (Å²) in [5, 5.41) is 9.80. The molecule has 2 heterocycles. The first-order chi connectivity index (χ1) is 16.4. The van der Waals surface area contributed by atoms with Gasteiger partial charge in [0.25, 0.3) is 5.91 Å². The van der Waals surface area contributed by atoms with Gasteiger partial charge >= 0.3 is 0 Å². The van der Waals surface area contributed by atoms with Crippen LogP contribution in [-0.4, -0.2) is 54.8 Å². The van der Waals surface area contributed by atoms with Gasteiger partial charge in [-0.1, -0.05) is 23.4 Å². The first kappa shape index (κ1) is 25.2. The summed E-state index contributed by atoms with van der Waals surface area (Å²) in [4.78, 5) is 16.9. The zero-order valence-corrected chi connectivity index (χ0v) is 21.2. The van der Waals surface area contributed by atoms with Crippen molar-refractivity contribution in [1.29, 1.82) is 0 Å². The third-order valence-electron chi connectivity index (χ3n) is 5.58. The van der Waals surface area contributed by atoms with Crippen molar-refractivity contribution in [1.82, 2.24) is 10.5 Å². The van der Waals surface area contributed by atoms with Gasteiger partial charge in [0, 0.05) is 24.0 Å². The van der Waals surface area contributed by atoms with E-state index in [2.05, 4.69) is 4.98 Å². The Hall–Kier alpha value is -1.89. The van der Waals surface area contributed by atoms with Crippen LogP contribution in [-0.2, 0) is 19.4 Å². The van der Waals surface area contributed by atoms with Gasteiger partial charge in [0.15, 0.2) is 18.9 Å². The van der Waals surface area contributed by atoms with Gasteiger partial charge < -0.3 is 9.47 Å². The van der Waals surface area contributed by atoms with E-state index in [1.54, 1.807) is 35.2 Å². The van der Waals surface area contributed by atoms with Crippen LogP contribution in [0.2, 0.25) is 5.02 Å². The highest BCUT2D eigenvalue weighted by Gasteiger charge is 2.52. The van der Waals surface area contributed by atoms with Crippen LogP contribution in [0.3, 0.4) is 0 Å². The van der Waals surface area contributed by atoms with Crippen LogP contribution in [0, 0.1) is 0 Å². The minimum absolute atomic E-state index is 0.00292. The van der Waals surface area contributed by atoms with Gasteiger partial charge in [0.1, 0.15) is 5.75 Å². The van der Waals surface area contributed by atoms with Gasteiger partial charge in [0.05, 0.1) is 21.7 Å². The number of thiazole rings is 1. The van der Waals surface area contributed by atoms with E-state index in [1.807, 2.05) is 18.2 Å². The Morgan fingerprint density at radius 3 is 2.68 bits per heavy atom. The molecule has 1 aliphatic heterocycles. The van der Waals surface area contributed by atoms with E-state index in [9.17, 15) is 13.2 Å². The number of nitrogens with one attached hydrogen (secondary N) is 1. The fourth-order valence-corrected chi connectivity index (χ4v) is 7.85. The summed E-state index contributed by atoms with van der Waals surface area (Å²) in [5.74, 6) is 0.414. The molecule has 0 bridgehead atoms. The molecule has 0 spiro atoms. The molecule has 0 unspecified atom stereocenters. The van der Waals surface area contributed by atoms with Crippen molar-refractivity contribution < 1.29 is 27.9 Å². The van der Waals surface area contributed by atoms with E-state index >= 15 is 0 Å². The van der Waals surface area contributed by atoms with Crippen LogP contribution >= 0.6 is 34.7 Å². The topological polar surface area (TPSA) is 115 Å². The van der Waals surface area contributed by atoms with Crippen LogP contribution in [0.5, 0.6) is 5.75 Å². The van der Waals surface area contributed by atoms with Gasteiger partial charge in [-0.25, -0.2) is 18.9 Å². The largest absolute Gasteiger partial charge is 0.494 e. The number of nitrogens with zero attached hydrogens (tertiary/aromatic N) is 1. The first-order valence-corrected chi connectivity index (χ1v) is 14.2. The molecule has 1 saturated heterocycles. The highest BCUT2D eigenvalue weighted by Crippen LogP contribution is 2.36. The number of hydrogen-bond donors (Lipinski definition) is 2. The summed E-state index contributed by atoms with van der Waals surface area (Å²) in [6, 6.07) is 11.7. The van der Waals surface area contributed by atoms with Crippen molar-refractivity contribution in [2.75, 3.05) is 25.6 Å². The first-order valence-electron chi connectivity index (χ1n) is 10.5. The van der Waals surface area contributed by atoms with E-state index in [0.29, 0.717) is 17.4 Å². The average molecular weight is 543 g/mol. The lowest BCUT2D eigenvalue weighted by Gasteiger charge is -2.34. The quantitative estimate of drug-likeness (QED) is 0.178. The second-order valence-electron chi connectivity index (χ2n) is 7.66. The molecule has 0 saturated carbocycles. The third kappa shape index (κ3) is 5.19. The minimum atomic E-state index is -4.05. The maximum absolute atomic E-state index is 13.3. The van der Waals surface area contributed by atoms with Gasteiger partial charge in [0.2, 0.25) is 0 Å². The van der Waals surface area contributed by atoms with Crippen molar-refractivity contribution >= 4 is 60.7 Å². The Labute approximate surface area is 210 Å². The molecule has 2 N–H and O–H groups in total. The molecule has 1 aromatic heterocycles. The molecule has 0 atom stereocenters. The number of ether oxygens (including phenoxy) is 2. The molecule has 1 aliphatic rings. The lowest BCUT2D eigenvalue weighted by atomic mass is 9.98. The number of rotatable bonds is 9. The second-order valence-corrected chi connectivity index (χ2v) is 12.7. The number of sulfone groups is 1. The molecule has 1 fully saturated rings. The Morgan fingerprint density at radius 1 is 1.24 bits per heavy atom. The predicted molar refractivity (Wildman–Crippen MR) is 132 cm³/mol. The molecular formula is C22H23ClN2O6S3. The maximum Gasteiger partial charge on any atom is 0.265 e. The van der Waals surface area contributed by atoms with E-state index in [-0.39, 0.29) is 31.0 Å². The minimum Gasteiger partial charge on any atom is -0.494 e. The van der Waals surface area contributed by atoms with Crippen molar-refractivity contribution in [2.24, 2.45) is 0 Å². The molecule has 2 aromatic carbocycles. The summed E-state index contributed by atoms with van der Waals surface area (Å²) >= 11 is 9.28. The molecule has 0 radical (unpaired) electrons. The molecule has 34 heavy (non-hydrogen) atoms. The summed E-state index contributed by atoms with van der Waals surface area (Å²) in [5.41, 5.74) is 2.41. The molecule has 3 aromatic rings. The number of aromatic nitrogens is 1. The SMILES string of the molecule is O=C(NO)C1(S(=O)(=O)c2ccc(OCCCSc3nc4cc(Cl)ccc4s3)cc2)CCOCC1. The van der Waals surface area contributed by atoms with Crippen LogP contribution < -0.4 is 10.2 Å². The summed E-state index contributed by atoms with van der Waals surface area (Å²) in [6.07, 6.45) is 0.722. The summed E-state index contributed by atoms with van der Waals surface area (Å²) in [6.45, 7) is 0.706. The number of carbonyl (C=O) groups excluding carboxylic acids is 1. The average Bonchev–Trinajstić information content (AvgIpc) is 3.25. The molecule has 0 aliphatic carbocycles. The van der Waals surface area contributed by atoms with Gasteiger partial charge in [-0.3, -0.25) is 10.0 Å². The van der Waals surface area contributed by atoms with Crippen molar-refractivity contribution in [3.63, 3.8) is 0 Å². The normalized spacial score (nSPS) is 15.8. The second kappa shape index (κ2) is 10.8.